The molecule has 10 atom stereocenters. The summed E-state index contributed by atoms with van der Waals surface area (Å²) >= 11 is 0. The lowest BCUT2D eigenvalue weighted by molar-refractivity contribution is -0.371. The molecule has 2 heterocycles. The number of aliphatic hydroxyl groups is 1. The lowest BCUT2D eigenvalue weighted by atomic mass is 9.96. The van der Waals surface area contributed by atoms with Gasteiger partial charge in [-0.2, -0.15) is 0 Å². The lowest BCUT2D eigenvalue weighted by Crippen LogP contribution is -2.66. The smallest absolute Gasteiger partial charge is 0.433 e. The van der Waals surface area contributed by atoms with E-state index in [1.807, 2.05) is 206 Å². The van der Waals surface area contributed by atoms with Gasteiger partial charge in [-0.15, -0.1) is 0 Å². The van der Waals surface area contributed by atoms with Crippen LogP contribution in [0.2, 0.25) is 0 Å². The van der Waals surface area contributed by atoms with Crippen molar-refractivity contribution in [3.8, 4) is 11.1 Å². The fourth-order valence-corrected chi connectivity index (χ4v) is 10.9. The number of aliphatic hydroxyl groups excluding tert-OH is 1. The van der Waals surface area contributed by atoms with Crippen LogP contribution in [0.15, 0.2) is 231 Å². The molecule has 2 aliphatic heterocycles. The standard InChI is InChI=1S/C69H68O13/c70-67-65(76-43-52-31-15-5-16-32-52)63(75-42-51-29-13-4-14-30-51)62(60(79-67)47-73-40-49-25-9-2-10-26-49)81-68-66(77-44-53-33-17-6-18-34-53)64(82-69(71)78-45-58-56-37-21-19-35-54(56)55-36-20-22-38-57(55)58)61(74-41-50-27-11-3-12-28-50)59(80-68)46-72-39-48-23-7-1-8-24-48/h1-38,58-68,70H,39-47H2/t59-,60-,61+,62-,63+,64+,65-,66-,67?,68+/m1/s1. The highest BCUT2D eigenvalue weighted by Gasteiger charge is 2.55. The summed E-state index contributed by atoms with van der Waals surface area (Å²) in [5.41, 5.74) is 9.64. The quantitative estimate of drug-likeness (QED) is 0.0544. The molecular formula is C69H68O13. The summed E-state index contributed by atoms with van der Waals surface area (Å²) in [5, 5.41) is 12.1. The van der Waals surface area contributed by atoms with Gasteiger partial charge in [0.25, 0.3) is 0 Å². The van der Waals surface area contributed by atoms with Crippen LogP contribution in [0.3, 0.4) is 0 Å². The van der Waals surface area contributed by atoms with Crippen molar-refractivity contribution in [3.05, 3.63) is 275 Å². The highest BCUT2D eigenvalue weighted by molar-refractivity contribution is 5.79. The maximum absolute atomic E-state index is 14.8. The molecule has 0 radical (unpaired) electrons. The van der Waals surface area contributed by atoms with E-state index >= 15 is 0 Å². The molecule has 0 bridgehead atoms. The van der Waals surface area contributed by atoms with Crippen molar-refractivity contribution in [2.24, 2.45) is 0 Å². The summed E-state index contributed by atoms with van der Waals surface area (Å²) in [7, 11) is 0. The summed E-state index contributed by atoms with van der Waals surface area (Å²) in [6.45, 7) is 0.852. The third-order valence-corrected chi connectivity index (χ3v) is 15.0. The van der Waals surface area contributed by atoms with Gasteiger partial charge in [0.1, 0.15) is 49.3 Å². The molecule has 11 rings (SSSR count). The lowest BCUT2D eigenvalue weighted by Gasteiger charge is -2.49. The summed E-state index contributed by atoms with van der Waals surface area (Å²) < 4.78 is 74.5. The van der Waals surface area contributed by atoms with E-state index in [1.165, 1.54) is 0 Å². The normalized spacial score (nSPS) is 23.1. The molecule has 82 heavy (non-hydrogen) atoms. The molecule has 0 spiro atoms. The van der Waals surface area contributed by atoms with E-state index in [1.54, 1.807) is 0 Å². The Balaban J connectivity index is 0.970. The molecule has 13 nitrogen and oxygen atoms in total. The fraction of sp³-hybridized carbons (Fsp3) is 0.290. The number of hydrogen-bond acceptors (Lipinski definition) is 13. The monoisotopic (exact) mass is 1100 g/mol. The average molecular weight is 1110 g/mol. The molecule has 13 heteroatoms. The highest BCUT2D eigenvalue weighted by Crippen LogP contribution is 2.45. The van der Waals surface area contributed by atoms with Gasteiger partial charge in [-0.1, -0.05) is 231 Å². The van der Waals surface area contributed by atoms with Crippen LogP contribution in [0.25, 0.3) is 11.1 Å². The third kappa shape index (κ3) is 14.6. The molecule has 1 aliphatic carbocycles. The molecule has 2 saturated heterocycles. The number of carbonyl (C=O) groups excluding carboxylic acids is 1. The maximum Gasteiger partial charge on any atom is 0.508 e. The Morgan fingerprint density at radius 1 is 0.366 bits per heavy atom. The summed E-state index contributed by atoms with van der Waals surface area (Å²) in [6, 6.07) is 74.8. The van der Waals surface area contributed by atoms with Crippen LogP contribution in [0.5, 0.6) is 0 Å². The van der Waals surface area contributed by atoms with Crippen LogP contribution in [-0.4, -0.2) is 92.5 Å². The maximum atomic E-state index is 14.8. The Bertz CT molecular complexity index is 3130. The molecule has 1 unspecified atom stereocenters. The van der Waals surface area contributed by atoms with Crippen molar-refractivity contribution in [2.75, 3.05) is 19.8 Å². The van der Waals surface area contributed by atoms with Gasteiger partial charge >= 0.3 is 6.16 Å². The first kappa shape index (κ1) is 56.5. The number of fused-ring (bicyclic) bond motifs is 3. The summed E-state index contributed by atoms with van der Waals surface area (Å²) in [6.07, 6.45) is -12.4. The molecular weight excluding hydrogens is 1040 g/mol. The molecule has 2 fully saturated rings. The van der Waals surface area contributed by atoms with E-state index in [4.69, 9.17) is 52.1 Å². The van der Waals surface area contributed by atoms with E-state index in [9.17, 15) is 9.90 Å². The molecule has 3 aliphatic rings. The summed E-state index contributed by atoms with van der Waals surface area (Å²) in [5.74, 6) is -0.243. The molecule has 8 aromatic rings. The fourth-order valence-electron chi connectivity index (χ4n) is 10.9. The van der Waals surface area contributed by atoms with Crippen LogP contribution < -0.4 is 0 Å². The topological polar surface area (TPSA) is 139 Å². The van der Waals surface area contributed by atoms with Crippen molar-refractivity contribution < 1.29 is 62.0 Å². The zero-order valence-corrected chi connectivity index (χ0v) is 45.5. The predicted molar refractivity (Wildman–Crippen MR) is 307 cm³/mol. The van der Waals surface area contributed by atoms with Gasteiger partial charge < -0.3 is 57.2 Å². The highest BCUT2D eigenvalue weighted by atomic mass is 16.8. The van der Waals surface area contributed by atoms with Crippen LogP contribution in [0, 0.1) is 0 Å². The summed E-state index contributed by atoms with van der Waals surface area (Å²) in [4.78, 5) is 14.8. The minimum absolute atomic E-state index is 0.00189. The van der Waals surface area contributed by atoms with Gasteiger partial charge in [0.05, 0.1) is 52.9 Å². The SMILES string of the molecule is O=C(OCC1c2ccccc2-c2ccccc21)O[C@H]1[C@@H](OCc2ccccc2)[C@@H](COCc2ccccc2)O[C@@H](O[C@H]2[C@H](OCc3ccccc3)[C@@H](OCc3ccccc3)C(O)O[C@@H]2COCc2ccccc2)[C@@H]1OCc1ccccc1. The number of ether oxygens (including phenoxy) is 11. The average Bonchev–Trinajstić information content (AvgIpc) is 4.02. The molecule has 1 N–H and O–H groups in total. The van der Waals surface area contributed by atoms with Gasteiger partial charge in [-0.25, -0.2) is 4.79 Å². The first-order valence-corrected chi connectivity index (χ1v) is 28.0. The van der Waals surface area contributed by atoms with E-state index in [0.717, 1.165) is 55.6 Å². The van der Waals surface area contributed by atoms with Crippen LogP contribution >= 0.6 is 0 Å². The largest absolute Gasteiger partial charge is 0.508 e. The third-order valence-electron chi connectivity index (χ3n) is 15.0. The zero-order chi connectivity index (χ0) is 55.7. The second-order valence-corrected chi connectivity index (χ2v) is 20.6. The number of hydrogen-bond donors (Lipinski definition) is 1. The Kier molecular flexibility index (Phi) is 19.7. The Morgan fingerprint density at radius 3 is 1.18 bits per heavy atom. The van der Waals surface area contributed by atoms with Gasteiger partial charge in [0.15, 0.2) is 18.7 Å². The second kappa shape index (κ2) is 28.6. The molecule has 0 amide bonds. The van der Waals surface area contributed by atoms with Gasteiger partial charge in [0, 0.05) is 5.92 Å². The molecule has 0 saturated carbocycles. The van der Waals surface area contributed by atoms with Crippen molar-refractivity contribution in [2.45, 2.75) is 107 Å². The zero-order valence-electron chi connectivity index (χ0n) is 45.5. The van der Waals surface area contributed by atoms with E-state index in [0.29, 0.717) is 0 Å². The van der Waals surface area contributed by atoms with E-state index < -0.39 is 67.6 Å². The second-order valence-electron chi connectivity index (χ2n) is 20.6. The molecule has 8 aromatic carbocycles. The van der Waals surface area contributed by atoms with Crippen LogP contribution in [0.1, 0.15) is 50.4 Å². The Hall–Kier alpha value is -7.37. The number of benzene rings is 8. The van der Waals surface area contributed by atoms with Crippen molar-refractivity contribution in [1.82, 2.24) is 0 Å². The van der Waals surface area contributed by atoms with Gasteiger partial charge in [-0.05, 0) is 55.6 Å². The van der Waals surface area contributed by atoms with Gasteiger partial charge in [0.2, 0.25) is 0 Å². The Morgan fingerprint density at radius 2 is 0.732 bits per heavy atom. The van der Waals surface area contributed by atoms with Crippen LogP contribution in [0.4, 0.5) is 4.79 Å². The van der Waals surface area contributed by atoms with Crippen LogP contribution in [-0.2, 0) is 91.7 Å². The number of carbonyl (C=O) groups is 1. The van der Waals surface area contributed by atoms with Crippen molar-refractivity contribution in [1.29, 1.82) is 0 Å². The predicted octanol–water partition coefficient (Wildman–Crippen LogP) is 11.9. The van der Waals surface area contributed by atoms with Crippen molar-refractivity contribution >= 4 is 6.16 Å². The minimum Gasteiger partial charge on any atom is -0.433 e. The van der Waals surface area contributed by atoms with E-state index in [2.05, 4.69) is 24.3 Å². The first-order chi connectivity index (χ1) is 40.5. The van der Waals surface area contributed by atoms with Crippen molar-refractivity contribution in [3.63, 3.8) is 0 Å². The Labute approximate surface area is 479 Å². The minimum atomic E-state index is -1.48. The number of rotatable bonds is 25. The molecule has 422 valence electrons. The van der Waals surface area contributed by atoms with E-state index in [-0.39, 0.29) is 65.4 Å². The first-order valence-electron chi connectivity index (χ1n) is 28.0. The van der Waals surface area contributed by atoms with Gasteiger partial charge in [-0.3, -0.25) is 0 Å². The molecule has 0 aromatic heterocycles.